The molecule has 54 valence electrons. The zero-order valence-corrected chi connectivity index (χ0v) is 6.42. The second kappa shape index (κ2) is 3.29. The van der Waals surface area contributed by atoms with Crippen LogP contribution in [-0.2, 0) is 0 Å². The van der Waals surface area contributed by atoms with Gasteiger partial charge in [-0.15, -0.1) is 0 Å². The third-order valence-corrected chi connectivity index (χ3v) is 0.915. The molecule has 0 atom stereocenters. The van der Waals surface area contributed by atoms with E-state index in [1.54, 1.807) is 14.1 Å². The molecule has 0 saturated heterocycles. The van der Waals surface area contributed by atoms with E-state index in [1.165, 1.54) is 5.01 Å². The Hall–Kier alpha value is -0.770. The summed E-state index contributed by atoms with van der Waals surface area (Å²) in [4.78, 5) is 5.78. The summed E-state index contributed by atoms with van der Waals surface area (Å²) in [6.45, 7) is 0. The number of hydrogen-bond donors (Lipinski definition) is 1. The largest absolute Gasteiger partial charge is 0.348 e. The molecular formula is C5H14N4. The van der Waals surface area contributed by atoms with Crippen molar-refractivity contribution in [3.63, 3.8) is 0 Å². The van der Waals surface area contributed by atoms with Crippen LogP contribution in [0.2, 0.25) is 0 Å². The van der Waals surface area contributed by atoms with Crippen LogP contribution in [0.3, 0.4) is 0 Å². The van der Waals surface area contributed by atoms with Gasteiger partial charge in [0.2, 0.25) is 5.96 Å². The first-order valence-corrected chi connectivity index (χ1v) is 2.72. The smallest absolute Gasteiger partial charge is 0.209 e. The second-order valence-electron chi connectivity index (χ2n) is 2.03. The van der Waals surface area contributed by atoms with Crippen LogP contribution in [0.1, 0.15) is 0 Å². The average molecular weight is 130 g/mol. The fourth-order valence-electron chi connectivity index (χ4n) is 0.673. The van der Waals surface area contributed by atoms with E-state index in [-0.39, 0.29) is 0 Å². The van der Waals surface area contributed by atoms with Crippen LogP contribution >= 0.6 is 0 Å². The molecule has 0 saturated carbocycles. The van der Waals surface area contributed by atoms with E-state index >= 15 is 0 Å². The Morgan fingerprint density at radius 2 is 1.78 bits per heavy atom. The van der Waals surface area contributed by atoms with Crippen LogP contribution < -0.4 is 5.84 Å². The molecule has 0 aromatic heterocycles. The van der Waals surface area contributed by atoms with Crippen molar-refractivity contribution in [2.45, 2.75) is 0 Å². The summed E-state index contributed by atoms with van der Waals surface area (Å²) < 4.78 is 0. The molecule has 0 bridgehead atoms. The van der Waals surface area contributed by atoms with E-state index in [0.717, 1.165) is 5.96 Å². The molecule has 0 rings (SSSR count). The third kappa shape index (κ3) is 2.32. The van der Waals surface area contributed by atoms with Crippen molar-refractivity contribution in [2.75, 3.05) is 28.2 Å². The Balaban J connectivity index is 4.01. The molecular weight excluding hydrogens is 116 g/mol. The normalized spacial score (nSPS) is 11.4. The predicted octanol–water partition coefficient (Wildman–Crippen LogP) is -0.661. The van der Waals surface area contributed by atoms with Gasteiger partial charge in [0.15, 0.2) is 0 Å². The Kier molecular flexibility index (Phi) is 3.01. The minimum absolute atomic E-state index is 0.759. The topological polar surface area (TPSA) is 44.9 Å². The van der Waals surface area contributed by atoms with Crippen molar-refractivity contribution < 1.29 is 0 Å². The van der Waals surface area contributed by atoms with Crippen LogP contribution in [-0.4, -0.2) is 44.1 Å². The van der Waals surface area contributed by atoms with Crippen molar-refractivity contribution in [3.8, 4) is 0 Å². The molecule has 9 heavy (non-hydrogen) atoms. The first kappa shape index (κ1) is 8.23. The van der Waals surface area contributed by atoms with E-state index < -0.39 is 0 Å². The minimum atomic E-state index is 0.759. The fourth-order valence-corrected chi connectivity index (χ4v) is 0.673. The van der Waals surface area contributed by atoms with Crippen LogP contribution in [0, 0.1) is 0 Å². The maximum Gasteiger partial charge on any atom is 0.209 e. The van der Waals surface area contributed by atoms with Crippen molar-refractivity contribution in [1.29, 1.82) is 0 Å². The molecule has 0 aliphatic rings. The summed E-state index contributed by atoms with van der Waals surface area (Å²) in [6.07, 6.45) is 0. The number of nitrogens with two attached hydrogens (primary N) is 1. The highest BCUT2D eigenvalue weighted by Crippen LogP contribution is 1.82. The summed E-state index contributed by atoms with van der Waals surface area (Å²) in [5.74, 6) is 6.17. The van der Waals surface area contributed by atoms with Gasteiger partial charge in [-0.3, -0.25) is 10.0 Å². The molecule has 0 fully saturated rings. The third-order valence-electron chi connectivity index (χ3n) is 0.915. The molecule has 4 heteroatoms. The molecule has 4 nitrogen and oxygen atoms in total. The molecule has 2 N–H and O–H groups in total. The summed E-state index contributed by atoms with van der Waals surface area (Å²) in [7, 11) is 7.25. The Morgan fingerprint density at radius 1 is 1.33 bits per heavy atom. The van der Waals surface area contributed by atoms with Crippen LogP contribution in [0.15, 0.2) is 4.99 Å². The molecule has 0 amide bonds. The number of nitrogens with zero attached hydrogens (tertiary/aromatic N) is 3. The highest BCUT2D eigenvalue weighted by molar-refractivity contribution is 5.78. The lowest BCUT2D eigenvalue weighted by Crippen LogP contribution is -2.42. The zero-order chi connectivity index (χ0) is 7.44. The van der Waals surface area contributed by atoms with Gasteiger partial charge in [-0.25, -0.2) is 5.84 Å². The quantitative estimate of drug-likeness (QED) is 0.205. The highest BCUT2D eigenvalue weighted by Gasteiger charge is 2.00. The van der Waals surface area contributed by atoms with Crippen LogP contribution in [0.5, 0.6) is 0 Å². The first-order valence-electron chi connectivity index (χ1n) is 2.72. The maximum absolute atomic E-state index is 5.41. The van der Waals surface area contributed by atoms with Crippen molar-refractivity contribution in [2.24, 2.45) is 10.8 Å². The SMILES string of the molecule is CN=C(N(C)C)N(C)N. The summed E-state index contributed by atoms with van der Waals surface area (Å²) >= 11 is 0. The number of guanidine groups is 1. The van der Waals surface area contributed by atoms with E-state index in [4.69, 9.17) is 5.84 Å². The van der Waals surface area contributed by atoms with Gasteiger partial charge in [0.25, 0.3) is 0 Å². The highest BCUT2D eigenvalue weighted by atomic mass is 15.5. The van der Waals surface area contributed by atoms with Gasteiger partial charge in [0.05, 0.1) is 0 Å². The van der Waals surface area contributed by atoms with Gasteiger partial charge in [0, 0.05) is 28.2 Å². The van der Waals surface area contributed by atoms with Gasteiger partial charge < -0.3 is 4.90 Å². The monoisotopic (exact) mass is 130 g/mol. The molecule has 0 aliphatic heterocycles. The lowest BCUT2D eigenvalue weighted by Gasteiger charge is -2.21. The first-order chi connectivity index (χ1) is 4.09. The molecule has 0 radical (unpaired) electrons. The Morgan fingerprint density at radius 3 is 1.78 bits per heavy atom. The molecule has 0 aliphatic carbocycles. The predicted molar refractivity (Wildman–Crippen MR) is 39.0 cm³/mol. The van der Waals surface area contributed by atoms with Crippen molar-refractivity contribution in [1.82, 2.24) is 9.91 Å². The van der Waals surface area contributed by atoms with E-state index in [1.807, 2.05) is 19.0 Å². The van der Waals surface area contributed by atoms with Gasteiger partial charge in [-0.05, 0) is 0 Å². The van der Waals surface area contributed by atoms with Crippen LogP contribution in [0.25, 0.3) is 0 Å². The zero-order valence-electron chi connectivity index (χ0n) is 6.42. The van der Waals surface area contributed by atoms with Gasteiger partial charge in [0.1, 0.15) is 0 Å². The Bertz CT molecular complexity index is 95.5. The molecule has 0 aromatic carbocycles. The van der Waals surface area contributed by atoms with E-state index in [9.17, 15) is 0 Å². The van der Waals surface area contributed by atoms with Gasteiger partial charge in [-0.1, -0.05) is 0 Å². The number of hydrogen-bond acceptors (Lipinski definition) is 2. The van der Waals surface area contributed by atoms with Crippen LogP contribution in [0.4, 0.5) is 0 Å². The molecule has 0 unspecified atom stereocenters. The standard InChI is InChI=1S/C5H14N4/c1-7-5(8(2)3)9(4)6/h6H2,1-4H3. The lowest BCUT2D eigenvalue weighted by molar-refractivity contribution is 0.440. The Labute approximate surface area is 55.9 Å². The van der Waals surface area contributed by atoms with Gasteiger partial charge in [-0.2, -0.15) is 0 Å². The fraction of sp³-hybridized carbons (Fsp3) is 0.800. The van der Waals surface area contributed by atoms with E-state index in [2.05, 4.69) is 4.99 Å². The summed E-state index contributed by atoms with van der Waals surface area (Å²) in [5.41, 5.74) is 0. The molecule has 0 spiro atoms. The molecule has 0 aromatic rings. The minimum Gasteiger partial charge on any atom is -0.348 e. The second-order valence-corrected chi connectivity index (χ2v) is 2.03. The number of rotatable bonds is 0. The maximum atomic E-state index is 5.41. The van der Waals surface area contributed by atoms with Crippen molar-refractivity contribution >= 4 is 5.96 Å². The summed E-state index contributed by atoms with van der Waals surface area (Å²) in [5, 5.41) is 1.47. The average Bonchev–Trinajstić information content (AvgIpc) is 1.64. The van der Waals surface area contributed by atoms with E-state index in [0.29, 0.717) is 0 Å². The number of hydrazine groups is 1. The summed E-state index contributed by atoms with van der Waals surface area (Å²) in [6, 6.07) is 0. The van der Waals surface area contributed by atoms with Crippen molar-refractivity contribution in [3.05, 3.63) is 0 Å². The van der Waals surface area contributed by atoms with Gasteiger partial charge >= 0.3 is 0 Å². The molecule has 0 heterocycles. The lowest BCUT2D eigenvalue weighted by atomic mass is 10.7. The number of aliphatic imine (C=N–C) groups is 1.